The Morgan fingerprint density at radius 2 is 1.78 bits per heavy atom. The Morgan fingerprint density at radius 1 is 1.19 bits per heavy atom. The summed E-state index contributed by atoms with van der Waals surface area (Å²) in [5.74, 6) is 2.65. The Morgan fingerprint density at radius 3 is 2.22 bits per heavy atom. The fraction of sp³-hybridized carbons (Fsp3) is 0.611. The van der Waals surface area contributed by atoms with Gasteiger partial charge >= 0.3 is 0 Å². The summed E-state index contributed by atoms with van der Waals surface area (Å²) < 4.78 is 39.9. The van der Waals surface area contributed by atoms with E-state index in [9.17, 15) is 8.42 Å². The van der Waals surface area contributed by atoms with Gasteiger partial charge in [-0.15, -0.1) is 0 Å². The minimum absolute atomic E-state index is 0.107. The molecule has 8 nitrogen and oxygen atoms in total. The van der Waals surface area contributed by atoms with E-state index in [-0.39, 0.29) is 5.75 Å². The molecule has 9 heteroatoms. The zero-order valence-corrected chi connectivity index (χ0v) is 17.6. The number of hydrogen-bond acceptors (Lipinski definition) is 6. The lowest BCUT2D eigenvalue weighted by Gasteiger charge is -2.39. The molecule has 1 fully saturated rings. The lowest BCUT2D eigenvalue weighted by Crippen LogP contribution is -2.57. The molecule has 0 amide bonds. The average molecular weight is 400 g/mol. The van der Waals surface area contributed by atoms with Crippen molar-refractivity contribution >= 4 is 15.8 Å². The second-order valence-corrected chi connectivity index (χ2v) is 9.65. The van der Waals surface area contributed by atoms with Crippen LogP contribution in [0.5, 0.6) is 17.2 Å². The predicted molar refractivity (Wildman–Crippen MR) is 106 cm³/mol. The molecule has 1 saturated heterocycles. The van der Waals surface area contributed by atoms with Crippen LogP contribution in [0.1, 0.15) is 19.4 Å². The fourth-order valence-electron chi connectivity index (χ4n) is 3.08. The summed E-state index contributed by atoms with van der Waals surface area (Å²) in [4.78, 5) is 6.28. The maximum absolute atomic E-state index is 12.2. The number of ether oxygens (including phenoxy) is 3. The summed E-state index contributed by atoms with van der Waals surface area (Å²) in [5.41, 5.74) is 0.825. The van der Waals surface area contributed by atoms with E-state index < -0.39 is 14.6 Å². The van der Waals surface area contributed by atoms with Crippen molar-refractivity contribution in [1.29, 1.82) is 0 Å². The normalized spacial score (nSPS) is 18.7. The smallest absolute Gasteiger partial charge is 0.193 e. The number of hydrogen-bond donors (Lipinski definition) is 1. The highest BCUT2D eigenvalue weighted by atomic mass is 32.2. The summed E-state index contributed by atoms with van der Waals surface area (Å²) in [6.07, 6.45) is 0. The lowest BCUT2D eigenvalue weighted by molar-refractivity contribution is 0.350. The molecule has 0 unspecified atom stereocenters. The van der Waals surface area contributed by atoms with Gasteiger partial charge in [0.2, 0.25) is 0 Å². The number of aliphatic imine (C=N–C) groups is 1. The van der Waals surface area contributed by atoms with Gasteiger partial charge in [0.15, 0.2) is 15.8 Å². The molecule has 0 aliphatic carbocycles. The minimum atomic E-state index is -3.11. The van der Waals surface area contributed by atoms with E-state index in [1.165, 1.54) is 0 Å². The van der Waals surface area contributed by atoms with Crippen LogP contribution in [0, 0.1) is 0 Å². The van der Waals surface area contributed by atoms with Crippen molar-refractivity contribution in [2.75, 3.05) is 47.2 Å². The van der Waals surface area contributed by atoms with Gasteiger partial charge in [0.1, 0.15) is 17.2 Å². The molecular formula is C18H29N3O5S. The maximum Gasteiger partial charge on any atom is 0.193 e. The molecule has 1 heterocycles. The number of benzene rings is 1. The summed E-state index contributed by atoms with van der Waals surface area (Å²) in [7, 11) is 3.33. The first-order chi connectivity index (χ1) is 12.7. The van der Waals surface area contributed by atoms with Crippen LogP contribution in [0.15, 0.2) is 17.1 Å². The first kappa shape index (κ1) is 21.1. The highest BCUT2D eigenvalue weighted by molar-refractivity contribution is 7.92. The molecule has 1 aliphatic heterocycles. The Balaban J connectivity index is 2.20. The molecule has 1 aromatic carbocycles. The van der Waals surface area contributed by atoms with Crippen LogP contribution in [0.3, 0.4) is 0 Å². The Labute approximate surface area is 161 Å². The van der Waals surface area contributed by atoms with Crippen molar-refractivity contribution in [3.8, 4) is 17.2 Å². The first-order valence-corrected chi connectivity index (χ1v) is 10.3. The fourth-order valence-corrected chi connectivity index (χ4v) is 4.44. The Hall–Kier alpha value is -2.16. The van der Waals surface area contributed by atoms with Gasteiger partial charge in [0.25, 0.3) is 0 Å². The Bertz CT molecular complexity index is 780. The van der Waals surface area contributed by atoms with E-state index in [0.717, 1.165) is 5.56 Å². The van der Waals surface area contributed by atoms with Gasteiger partial charge in [-0.05, 0) is 13.8 Å². The summed E-state index contributed by atoms with van der Waals surface area (Å²) in [6, 6.07) is 3.58. The van der Waals surface area contributed by atoms with Gasteiger partial charge < -0.3 is 24.4 Å². The minimum Gasteiger partial charge on any atom is -0.496 e. The molecular weight excluding hydrogens is 370 g/mol. The van der Waals surface area contributed by atoms with Crippen LogP contribution >= 0.6 is 0 Å². The van der Waals surface area contributed by atoms with Crippen molar-refractivity contribution in [3.05, 3.63) is 17.7 Å². The number of rotatable bonds is 5. The van der Waals surface area contributed by atoms with Crippen molar-refractivity contribution in [2.24, 2.45) is 4.99 Å². The maximum atomic E-state index is 12.2. The lowest BCUT2D eigenvalue weighted by atomic mass is 10.1. The first-order valence-electron chi connectivity index (χ1n) is 8.66. The van der Waals surface area contributed by atoms with Gasteiger partial charge in [-0.2, -0.15) is 0 Å². The second kappa shape index (κ2) is 8.24. The second-order valence-electron chi connectivity index (χ2n) is 6.91. The van der Waals surface area contributed by atoms with Crippen LogP contribution in [0.2, 0.25) is 0 Å². The van der Waals surface area contributed by atoms with Crippen LogP contribution < -0.4 is 19.5 Å². The van der Waals surface area contributed by atoms with Crippen LogP contribution in [-0.4, -0.2) is 71.2 Å². The van der Waals surface area contributed by atoms with Crippen molar-refractivity contribution in [2.45, 2.75) is 25.1 Å². The molecule has 0 spiro atoms. The molecule has 152 valence electrons. The van der Waals surface area contributed by atoms with Gasteiger partial charge in [-0.25, -0.2) is 8.42 Å². The number of nitrogens with zero attached hydrogens (tertiary/aromatic N) is 2. The van der Waals surface area contributed by atoms with Gasteiger partial charge in [0.05, 0.1) is 43.9 Å². The zero-order chi connectivity index (χ0) is 20.2. The van der Waals surface area contributed by atoms with Crippen molar-refractivity contribution < 1.29 is 22.6 Å². The SMILES string of the molecule is CN=C(NCc1c(OC)cc(OC)cc1OC)N1CCS(=O)(=O)C(C)(C)C1. The van der Waals surface area contributed by atoms with Gasteiger partial charge in [-0.3, -0.25) is 4.99 Å². The molecule has 2 rings (SSSR count). The van der Waals surface area contributed by atoms with E-state index in [2.05, 4.69) is 10.3 Å². The van der Waals surface area contributed by atoms with Crippen LogP contribution in [0.4, 0.5) is 0 Å². The molecule has 0 aromatic heterocycles. The third-order valence-electron chi connectivity index (χ3n) is 4.80. The molecule has 0 atom stereocenters. The van der Waals surface area contributed by atoms with Crippen LogP contribution in [-0.2, 0) is 16.4 Å². The van der Waals surface area contributed by atoms with E-state index in [1.54, 1.807) is 54.4 Å². The monoisotopic (exact) mass is 399 g/mol. The van der Waals surface area contributed by atoms with E-state index in [1.807, 2.05) is 4.90 Å². The highest BCUT2D eigenvalue weighted by Gasteiger charge is 2.41. The Kier molecular flexibility index (Phi) is 6.46. The third kappa shape index (κ3) is 4.40. The molecule has 0 bridgehead atoms. The van der Waals surface area contributed by atoms with Crippen molar-refractivity contribution in [3.63, 3.8) is 0 Å². The summed E-state index contributed by atoms with van der Waals surface area (Å²) in [6.45, 7) is 4.69. The predicted octanol–water partition coefficient (Wildman–Crippen LogP) is 1.30. The van der Waals surface area contributed by atoms with E-state index in [0.29, 0.717) is 42.8 Å². The standard InChI is InChI=1S/C18H29N3O5S/c1-18(2)12-21(7-8-27(18,22)23)17(19-3)20-11-14-15(25-5)9-13(24-4)10-16(14)26-6/h9-10H,7-8,11-12H2,1-6H3,(H,19,20). The van der Waals surface area contributed by atoms with E-state index >= 15 is 0 Å². The van der Waals surface area contributed by atoms with Crippen molar-refractivity contribution in [1.82, 2.24) is 10.2 Å². The number of sulfone groups is 1. The number of nitrogens with one attached hydrogen (secondary N) is 1. The van der Waals surface area contributed by atoms with Crippen LogP contribution in [0.25, 0.3) is 0 Å². The quantitative estimate of drug-likeness (QED) is 0.590. The molecule has 1 aliphatic rings. The summed E-state index contributed by atoms with van der Waals surface area (Å²) >= 11 is 0. The highest BCUT2D eigenvalue weighted by Crippen LogP contribution is 2.34. The molecule has 0 radical (unpaired) electrons. The zero-order valence-electron chi connectivity index (χ0n) is 16.8. The summed E-state index contributed by atoms with van der Waals surface area (Å²) in [5, 5.41) is 3.29. The number of methoxy groups -OCH3 is 3. The third-order valence-corrected chi connectivity index (χ3v) is 7.33. The van der Waals surface area contributed by atoms with E-state index in [4.69, 9.17) is 14.2 Å². The van der Waals surface area contributed by atoms with Gasteiger partial charge in [-0.1, -0.05) is 0 Å². The molecule has 1 N–H and O–H groups in total. The number of guanidine groups is 1. The average Bonchev–Trinajstić information content (AvgIpc) is 2.64. The molecule has 1 aromatic rings. The largest absolute Gasteiger partial charge is 0.496 e. The van der Waals surface area contributed by atoms with Gasteiger partial charge in [0, 0.05) is 32.3 Å². The molecule has 27 heavy (non-hydrogen) atoms. The molecule has 0 saturated carbocycles. The topological polar surface area (TPSA) is 89.5 Å².